The molecule has 2 atom stereocenters. The van der Waals surface area contributed by atoms with Gasteiger partial charge in [-0.25, -0.2) is 9.59 Å². The standard InChI is InChI=1S/C25H29NO6/c1-17-14-26(15-18(2)31-17)16-20-5-9-21(10-6-20)25(28)32-22-11-7-19(13-23(22)29-3)8-12-24(27)30-4/h5-13,17-18H,14-16H2,1-4H3/b12-8+. The number of morpholine rings is 1. The summed E-state index contributed by atoms with van der Waals surface area (Å²) in [5, 5.41) is 0. The predicted octanol–water partition coefficient (Wildman–Crippen LogP) is 3.71. The van der Waals surface area contributed by atoms with E-state index in [4.69, 9.17) is 14.2 Å². The van der Waals surface area contributed by atoms with Crippen LogP contribution in [0.5, 0.6) is 11.5 Å². The second-order valence-electron chi connectivity index (χ2n) is 7.80. The van der Waals surface area contributed by atoms with Crippen molar-refractivity contribution in [3.05, 3.63) is 65.2 Å². The predicted molar refractivity (Wildman–Crippen MR) is 121 cm³/mol. The highest BCUT2D eigenvalue weighted by atomic mass is 16.6. The molecule has 0 saturated carbocycles. The maximum Gasteiger partial charge on any atom is 0.343 e. The van der Waals surface area contributed by atoms with Crippen LogP contribution >= 0.6 is 0 Å². The molecule has 170 valence electrons. The summed E-state index contributed by atoms with van der Waals surface area (Å²) in [4.78, 5) is 26.2. The first-order chi connectivity index (χ1) is 15.4. The molecule has 1 saturated heterocycles. The van der Waals surface area contributed by atoms with E-state index in [0.717, 1.165) is 25.2 Å². The van der Waals surface area contributed by atoms with Gasteiger partial charge < -0.3 is 18.9 Å². The highest BCUT2D eigenvalue weighted by Crippen LogP contribution is 2.29. The molecular weight excluding hydrogens is 410 g/mol. The first-order valence-electron chi connectivity index (χ1n) is 10.5. The van der Waals surface area contributed by atoms with Crippen LogP contribution in [0.2, 0.25) is 0 Å². The van der Waals surface area contributed by atoms with Gasteiger partial charge in [-0.05, 0) is 55.3 Å². The lowest BCUT2D eigenvalue weighted by atomic mass is 10.1. The van der Waals surface area contributed by atoms with Crippen molar-refractivity contribution in [1.82, 2.24) is 4.90 Å². The van der Waals surface area contributed by atoms with E-state index in [1.807, 2.05) is 12.1 Å². The smallest absolute Gasteiger partial charge is 0.343 e. The van der Waals surface area contributed by atoms with Gasteiger partial charge in [0.15, 0.2) is 11.5 Å². The minimum atomic E-state index is -0.471. The molecule has 0 aliphatic carbocycles. The summed E-state index contributed by atoms with van der Waals surface area (Å²) in [6, 6.07) is 12.4. The molecule has 2 aromatic carbocycles. The lowest BCUT2D eigenvalue weighted by Gasteiger charge is -2.35. The van der Waals surface area contributed by atoms with E-state index in [1.165, 1.54) is 20.3 Å². The second kappa shape index (κ2) is 10.9. The Balaban J connectivity index is 1.64. The summed E-state index contributed by atoms with van der Waals surface area (Å²) in [5.41, 5.74) is 2.29. The fourth-order valence-electron chi connectivity index (χ4n) is 3.68. The number of methoxy groups -OCH3 is 2. The SMILES string of the molecule is COC(=O)/C=C/c1ccc(OC(=O)c2ccc(CN3CC(C)OC(C)C3)cc2)c(OC)c1. The van der Waals surface area contributed by atoms with Crippen molar-refractivity contribution in [3.8, 4) is 11.5 Å². The Bertz CT molecular complexity index is 959. The van der Waals surface area contributed by atoms with Crippen LogP contribution in [0.4, 0.5) is 0 Å². The Labute approximate surface area is 188 Å². The minimum Gasteiger partial charge on any atom is -0.493 e. The quantitative estimate of drug-likeness (QED) is 0.370. The van der Waals surface area contributed by atoms with Gasteiger partial charge in [-0.2, -0.15) is 0 Å². The van der Waals surface area contributed by atoms with Crippen molar-refractivity contribution in [2.75, 3.05) is 27.3 Å². The van der Waals surface area contributed by atoms with Gasteiger partial charge in [0.2, 0.25) is 0 Å². The zero-order valence-electron chi connectivity index (χ0n) is 18.9. The van der Waals surface area contributed by atoms with E-state index in [9.17, 15) is 9.59 Å². The third kappa shape index (κ3) is 6.42. The highest BCUT2D eigenvalue weighted by molar-refractivity contribution is 5.91. The molecule has 1 aliphatic heterocycles. The summed E-state index contributed by atoms with van der Waals surface area (Å²) in [7, 11) is 2.80. The van der Waals surface area contributed by atoms with Gasteiger partial charge >= 0.3 is 11.9 Å². The maximum atomic E-state index is 12.6. The van der Waals surface area contributed by atoms with Crippen molar-refractivity contribution < 1.29 is 28.5 Å². The summed E-state index contributed by atoms with van der Waals surface area (Å²) < 4.78 is 21.2. The average Bonchev–Trinajstić information content (AvgIpc) is 2.77. The maximum absolute atomic E-state index is 12.6. The van der Waals surface area contributed by atoms with E-state index < -0.39 is 11.9 Å². The second-order valence-corrected chi connectivity index (χ2v) is 7.80. The van der Waals surface area contributed by atoms with Crippen LogP contribution in [0.3, 0.4) is 0 Å². The lowest BCUT2D eigenvalue weighted by Crippen LogP contribution is -2.44. The molecule has 32 heavy (non-hydrogen) atoms. The number of hydrogen-bond acceptors (Lipinski definition) is 7. The van der Waals surface area contributed by atoms with Gasteiger partial charge in [0, 0.05) is 25.7 Å². The van der Waals surface area contributed by atoms with Crippen molar-refractivity contribution in [2.45, 2.75) is 32.6 Å². The lowest BCUT2D eigenvalue weighted by molar-refractivity contribution is -0.134. The Hall–Kier alpha value is -3.16. The van der Waals surface area contributed by atoms with Gasteiger partial charge in [-0.3, -0.25) is 4.90 Å². The molecule has 1 heterocycles. The zero-order valence-corrected chi connectivity index (χ0v) is 18.9. The number of ether oxygens (including phenoxy) is 4. The first-order valence-corrected chi connectivity index (χ1v) is 10.5. The minimum absolute atomic E-state index is 0.213. The molecule has 0 spiro atoms. The first kappa shape index (κ1) is 23.5. The number of esters is 2. The molecule has 1 aliphatic rings. The van der Waals surface area contributed by atoms with Crippen LogP contribution < -0.4 is 9.47 Å². The summed E-state index contributed by atoms with van der Waals surface area (Å²) in [5.74, 6) is -0.243. The molecule has 0 radical (unpaired) electrons. The number of carbonyl (C=O) groups excluding carboxylic acids is 2. The molecular formula is C25H29NO6. The van der Waals surface area contributed by atoms with Gasteiger partial charge in [-0.1, -0.05) is 18.2 Å². The Morgan fingerprint density at radius 2 is 1.72 bits per heavy atom. The molecule has 0 N–H and O–H groups in total. The van der Waals surface area contributed by atoms with Gasteiger partial charge in [0.05, 0.1) is 32.0 Å². The molecule has 1 fully saturated rings. The van der Waals surface area contributed by atoms with Gasteiger partial charge in [0.1, 0.15) is 0 Å². The van der Waals surface area contributed by atoms with Gasteiger partial charge in [0.25, 0.3) is 0 Å². The normalized spacial score (nSPS) is 19.0. The monoisotopic (exact) mass is 439 g/mol. The topological polar surface area (TPSA) is 74.3 Å². The molecule has 2 aromatic rings. The number of rotatable bonds is 7. The molecule has 0 aromatic heterocycles. The van der Waals surface area contributed by atoms with Crippen molar-refractivity contribution in [1.29, 1.82) is 0 Å². The van der Waals surface area contributed by atoms with E-state index in [2.05, 4.69) is 23.5 Å². The van der Waals surface area contributed by atoms with Crippen molar-refractivity contribution in [2.24, 2.45) is 0 Å². The van der Waals surface area contributed by atoms with Crippen LogP contribution in [0.1, 0.15) is 35.3 Å². The Morgan fingerprint density at radius 1 is 1.03 bits per heavy atom. The summed E-state index contributed by atoms with van der Waals surface area (Å²) >= 11 is 0. The van der Waals surface area contributed by atoms with E-state index in [0.29, 0.717) is 22.6 Å². The largest absolute Gasteiger partial charge is 0.493 e. The third-order valence-corrected chi connectivity index (χ3v) is 5.09. The molecule has 3 rings (SSSR count). The van der Waals surface area contributed by atoms with Crippen LogP contribution in [0.25, 0.3) is 6.08 Å². The van der Waals surface area contributed by atoms with Crippen LogP contribution in [-0.4, -0.2) is 56.4 Å². The van der Waals surface area contributed by atoms with Crippen molar-refractivity contribution in [3.63, 3.8) is 0 Å². The highest BCUT2D eigenvalue weighted by Gasteiger charge is 2.22. The third-order valence-electron chi connectivity index (χ3n) is 5.09. The fourth-order valence-corrected chi connectivity index (χ4v) is 3.68. The summed E-state index contributed by atoms with van der Waals surface area (Å²) in [6.07, 6.45) is 3.32. The zero-order chi connectivity index (χ0) is 23.1. The number of benzene rings is 2. The van der Waals surface area contributed by atoms with E-state index in [-0.39, 0.29) is 12.2 Å². The van der Waals surface area contributed by atoms with Crippen molar-refractivity contribution >= 4 is 18.0 Å². The molecule has 2 unspecified atom stereocenters. The van der Waals surface area contributed by atoms with Crippen LogP contribution in [0.15, 0.2) is 48.5 Å². The van der Waals surface area contributed by atoms with E-state index >= 15 is 0 Å². The number of hydrogen-bond donors (Lipinski definition) is 0. The average molecular weight is 440 g/mol. The summed E-state index contributed by atoms with van der Waals surface area (Å²) in [6.45, 7) is 6.75. The number of carbonyl (C=O) groups is 2. The fraction of sp³-hybridized carbons (Fsp3) is 0.360. The van der Waals surface area contributed by atoms with Gasteiger partial charge in [-0.15, -0.1) is 0 Å². The molecule has 7 heteroatoms. The molecule has 0 bridgehead atoms. The van der Waals surface area contributed by atoms with Crippen LogP contribution in [0, 0.1) is 0 Å². The molecule has 7 nitrogen and oxygen atoms in total. The van der Waals surface area contributed by atoms with Crippen LogP contribution in [-0.2, 0) is 20.8 Å². The van der Waals surface area contributed by atoms with E-state index in [1.54, 1.807) is 36.4 Å². The molecule has 0 amide bonds. The Morgan fingerprint density at radius 3 is 2.34 bits per heavy atom. The Kier molecular flexibility index (Phi) is 8.03. The number of nitrogens with zero attached hydrogens (tertiary/aromatic N) is 1.